The number of rotatable bonds is 4. The van der Waals surface area contributed by atoms with Crippen molar-refractivity contribution in [2.45, 2.75) is 19.1 Å². The SMILES string of the molecule is CC(NC(=O)C1COc2ccccc2O1)c1ncc(-c2ccccc2)[nH]1. The zero-order valence-corrected chi connectivity index (χ0v) is 14.3. The molecule has 26 heavy (non-hydrogen) atoms. The summed E-state index contributed by atoms with van der Waals surface area (Å²) in [6, 6.07) is 17.0. The van der Waals surface area contributed by atoms with Crippen LogP contribution in [0.4, 0.5) is 0 Å². The van der Waals surface area contributed by atoms with Crippen molar-refractivity contribution in [3.05, 3.63) is 66.6 Å². The molecule has 0 bridgehead atoms. The van der Waals surface area contributed by atoms with E-state index in [1.807, 2.05) is 55.5 Å². The van der Waals surface area contributed by atoms with Gasteiger partial charge in [0.05, 0.1) is 17.9 Å². The number of nitrogens with one attached hydrogen (secondary N) is 2. The molecule has 2 heterocycles. The van der Waals surface area contributed by atoms with Gasteiger partial charge in [0.15, 0.2) is 11.5 Å². The van der Waals surface area contributed by atoms with E-state index in [2.05, 4.69) is 15.3 Å². The smallest absolute Gasteiger partial charge is 0.265 e. The zero-order valence-electron chi connectivity index (χ0n) is 14.3. The third-order valence-corrected chi connectivity index (χ3v) is 4.25. The number of aromatic amines is 1. The number of fused-ring (bicyclic) bond motifs is 1. The lowest BCUT2D eigenvalue weighted by molar-refractivity contribution is -0.131. The lowest BCUT2D eigenvalue weighted by Crippen LogP contribution is -2.44. The molecule has 1 aliphatic heterocycles. The quantitative estimate of drug-likeness (QED) is 0.759. The number of imidazole rings is 1. The summed E-state index contributed by atoms with van der Waals surface area (Å²) in [5, 5.41) is 2.92. The van der Waals surface area contributed by atoms with Crippen molar-refractivity contribution >= 4 is 5.91 Å². The average Bonchev–Trinajstić information content (AvgIpc) is 3.18. The van der Waals surface area contributed by atoms with Gasteiger partial charge < -0.3 is 19.8 Å². The van der Waals surface area contributed by atoms with Gasteiger partial charge in [0, 0.05) is 0 Å². The number of carbonyl (C=O) groups excluding carboxylic acids is 1. The van der Waals surface area contributed by atoms with Gasteiger partial charge in [0.1, 0.15) is 12.4 Å². The molecule has 2 N–H and O–H groups in total. The number of carbonyl (C=O) groups is 1. The first-order valence-corrected chi connectivity index (χ1v) is 8.50. The molecule has 6 nitrogen and oxygen atoms in total. The van der Waals surface area contributed by atoms with Crippen LogP contribution in [0.15, 0.2) is 60.8 Å². The van der Waals surface area contributed by atoms with Crippen LogP contribution in [0.5, 0.6) is 11.5 Å². The van der Waals surface area contributed by atoms with Gasteiger partial charge in [-0.15, -0.1) is 0 Å². The number of hydrogen-bond donors (Lipinski definition) is 2. The summed E-state index contributed by atoms with van der Waals surface area (Å²) in [6.07, 6.45) is 1.08. The van der Waals surface area contributed by atoms with Gasteiger partial charge in [-0.2, -0.15) is 0 Å². The zero-order chi connectivity index (χ0) is 17.9. The second-order valence-corrected chi connectivity index (χ2v) is 6.14. The first kappa shape index (κ1) is 16.2. The first-order valence-electron chi connectivity index (χ1n) is 8.50. The predicted octanol–water partition coefficient (Wildman–Crippen LogP) is 3.09. The molecule has 2 atom stereocenters. The van der Waals surface area contributed by atoms with E-state index in [1.165, 1.54) is 0 Å². The Hall–Kier alpha value is -3.28. The number of hydrogen-bond acceptors (Lipinski definition) is 4. The lowest BCUT2D eigenvalue weighted by atomic mass is 10.2. The van der Waals surface area contributed by atoms with Crippen LogP contribution in [0.2, 0.25) is 0 Å². The fourth-order valence-corrected chi connectivity index (χ4v) is 2.84. The molecule has 132 valence electrons. The molecular formula is C20H19N3O3. The van der Waals surface area contributed by atoms with E-state index in [1.54, 1.807) is 12.3 Å². The summed E-state index contributed by atoms with van der Waals surface area (Å²) in [4.78, 5) is 20.2. The number of nitrogens with zero attached hydrogens (tertiary/aromatic N) is 1. The maximum atomic E-state index is 12.5. The summed E-state index contributed by atoms with van der Waals surface area (Å²) in [5.74, 6) is 1.69. The lowest BCUT2D eigenvalue weighted by Gasteiger charge is -2.26. The summed E-state index contributed by atoms with van der Waals surface area (Å²) in [6.45, 7) is 2.06. The van der Waals surface area contributed by atoms with Crippen LogP contribution in [-0.2, 0) is 4.79 Å². The molecule has 3 aromatic rings. The molecule has 2 unspecified atom stereocenters. The molecule has 2 aromatic carbocycles. The Morgan fingerprint density at radius 2 is 1.88 bits per heavy atom. The number of H-pyrrole nitrogens is 1. The minimum Gasteiger partial charge on any atom is -0.485 e. The summed E-state index contributed by atoms with van der Waals surface area (Å²) >= 11 is 0. The summed E-state index contributed by atoms with van der Waals surface area (Å²) < 4.78 is 11.3. The van der Waals surface area contributed by atoms with E-state index < -0.39 is 6.10 Å². The van der Waals surface area contributed by atoms with Crippen molar-refractivity contribution < 1.29 is 14.3 Å². The van der Waals surface area contributed by atoms with Gasteiger partial charge in [0.25, 0.3) is 5.91 Å². The third-order valence-electron chi connectivity index (χ3n) is 4.25. The standard InChI is InChI=1S/C20H19N3O3/c1-13(19-21-11-15(23-19)14-7-3-2-4-8-14)22-20(24)18-12-25-16-9-5-6-10-17(16)26-18/h2-11,13,18H,12H2,1H3,(H,21,23)(H,22,24). The van der Waals surface area contributed by atoms with Gasteiger partial charge in [-0.1, -0.05) is 42.5 Å². The normalized spacial score (nSPS) is 16.7. The van der Waals surface area contributed by atoms with Crippen LogP contribution in [0.25, 0.3) is 11.3 Å². The van der Waals surface area contributed by atoms with Gasteiger partial charge >= 0.3 is 0 Å². The fraction of sp³-hybridized carbons (Fsp3) is 0.200. The van der Waals surface area contributed by atoms with E-state index in [-0.39, 0.29) is 18.6 Å². The second kappa shape index (κ2) is 6.92. The molecule has 4 rings (SSSR count). The number of aromatic nitrogens is 2. The molecule has 0 saturated heterocycles. The van der Waals surface area contributed by atoms with Crippen molar-refractivity contribution in [3.8, 4) is 22.8 Å². The van der Waals surface area contributed by atoms with Crippen LogP contribution in [0.1, 0.15) is 18.8 Å². The van der Waals surface area contributed by atoms with Crippen LogP contribution >= 0.6 is 0 Å². The number of amides is 1. The van der Waals surface area contributed by atoms with Gasteiger partial charge in [0.2, 0.25) is 6.10 Å². The van der Waals surface area contributed by atoms with Gasteiger partial charge in [-0.3, -0.25) is 4.79 Å². The number of benzene rings is 2. The fourth-order valence-electron chi connectivity index (χ4n) is 2.84. The molecule has 0 fully saturated rings. The molecule has 0 saturated carbocycles. The molecule has 1 aromatic heterocycles. The van der Waals surface area contributed by atoms with E-state index >= 15 is 0 Å². The minimum absolute atomic E-state index is 0.184. The van der Waals surface area contributed by atoms with Crippen LogP contribution in [0, 0.1) is 0 Å². The average molecular weight is 349 g/mol. The number of para-hydroxylation sites is 2. The molecule has 1 aliphatic rings. The summed E-state index contributed by atoms with van der Waals surface area (Å²) in [7, 11) is 0. The molecular weight excluding hydrogens is 330 g/mol. The Labute approximate surface area is 151 Å². The number of ether oxygens (including phenoxy) is 2. The maximum Gasteiger partial charge on any atom is 0.265 e. The highest BCUT2D eigenvalue weighted by Crippen LogP contribution is 2.31. The van der Waals surface area contributed by atoms with Crippen molar-refractivity contribution in [2.24, 2.45) is 0 Å². The van der Waals surface area contributed by atoms with Crippen LogP contribution in [-0.4, -0.2) is 28.6 Å². The first-order chi connectivity index (χ1) is 12.7. The monoisotopic (exact) mass is 349 g/mol. The Morgan fingerprint density at radius 1 is 1.15 bits per heavy atom. The largest absolute Gasteiger partial charge is 0.485 e. The Morgan fingerprint density at radius 3 is 2.69 bits per heavy atom. The maximum absolute atomic E-state index is 12.5. The Bertz CT molecular complexity index is 907. The highest BCUT2D eigenvalue weighted by atomic mass is 16.6. The Kier molecular flexibility index (Phi) is 4.31. The van der Waals surface area contributed by atoms with Crippen molar-refractivity contribution in [1.29, 1.82) is 0 Å². The molecule has 1 amide bonds. The highest BCUT2D eigenvalue weighted by molar-refractivity contribution is 5.82. The topological polar surface area (TPSA) is 76.2 Å². The van der Waals surface area contributed by atoms with E-state index in [0.29, 0.717) is 17.3 Å². The van der Waals surface area contributed by atoms with E-state index in [9.17, 15) is 4.79 Å². The van der Waals surface area contributed by atoms with Crippen molar-refractivity contribution in [1.82, 2.24) is 15.3 Å². The predicted molar refractivity (Wildman–Crippen MR) is 96.9 cm³/mol. The molecule has 0 aliphatic carbocycles. The third kappa shape index (κ3) is 3.26. The van der Waals surface area contributed by atoms with Crippen LogP contribution < -0.4 is 14.8 Å². The van der Waals surface area contributed by atoms with E-state index in [4.69, 9.17) is 9.47 Å². The molecule has 6 heteroatoms. The second-order valence-electron chi connectivity index (χ2n) is 6.14. The van der Waals surface area contributed by atoms with Crippen molar-refractivity contribution in [3.63, 3.8) is 0 Å². The minimum atomic E-state index is -0.684. The molecule has 0 radical (unpaired) electrons. The van der Waals surface area contributed by atoms with Gasteiger partial charge in [-0.05, 0) is 24.6 Å². The summed E-state index contributed by atoms with van der Waals surface area (Å²) in [5.41, 5.74) is 1.96. The Balaban J connectivity index is 1.41. The van der Waals surface area contributed by atoms with Crippen molar-refractivity contribution in [2.75, 3.05) is 6.61 Å². The molecule has 0 spiro atoms. The van der Waals surface area contributed by atoms with Gasteiger partial charge in [-0.25, -0.2) is 4.98 Å². The highest BCUT2D eigenvalue weighted by Gasteiger charge is 2.28. The van der Waals surface area contributed by atoms with Crippen LogP contribution in [0.3, 0.4) is 0 Å². The van der Waals surface area contributed by atoms with E-state index in [0.717, 1.165) is 11.3 Å².